The van der Waals surface area contributed by atoms with E-state index in [1.54, 1.807) is 12.1 Å². The van der Waals surface area contributed by atoms with Gasteiger partial charge in [0.15, 0.2) is 0 Å². The Labute approximate surface area is 140 Å². The van der Waals surface area contributed by atoms with Gasteiger partial charge in [-0.3, -0.25) is 0 Å². The van der Waals surface area contributed by atoms with E-state index in [0.29, 0.717) is 12.3 Å². The lowest BCUT2D eigenvalue weighted by Gasteiger charge is -2.20. The van der Waals surface area contributed by atoms with E-state index in [0.717, 1.165) is 16.9 Å². The van der Waals surface area contributed by atoms with Gasteiger partial charge in [-0.2, -0.15) is 0 Å². The Balaban J connectivity index is 1.60. The molecular formula is C20H20FNO2. The molecule has 4 heteroatoms. The van der Waals surface area contributed by atoms with E-state index >= 15 is 0 Å². The van der Waals surface area contributed by atoms with Crippen molar-refractivity contribution in [1.82, 2.24) is 5.32 Å². The van der Waals surface area contributed by atoms with E-state index in [-0.39, 0.29) is 11.9 Å². The molecule has 3 rings (SSSR count). The number of nitrogens with one attached hydrogen (secondary N) is 1. The zero-order valence-electron chi connectivity index (χ0n) is 13.4. The van der Waals surface area contributed by atoms with Gasteiger partial charge >= 0.3 is 0 Å². The Hall–Kier alpha value is -2.43. The molecule has 0 radical (unpaired) electrons. The summed E-state index contributed by atoms with van der Waals surface area (Å²) in [7, 11) is 0. The molecule has 1 heterocycles. The Morgan fingerprint density at radius 2 is 1.71 bits per heavy atom. The second kappa shape index (κ2) is 7.43. The summed E-state index contributed by atoms with van der Waals surface area (Å²) < 4.78 is 18.7. The maximum Gasteiger partial charge on any atom is 0.134 e. The lowest BCUT2D eigenvalue weighted by Crippen LogP contribution is -2.31. The topological polar surface area (TPSA) is 45.4 Å². The van der Waals surface area contributed by atoms with Crippen molar-refractivity contribution >= 4 is 0 Å². The normalized spacial score (nSPS) is 13.6. The maximum atomic E-state index is 13.0. The van der Waals surface area contributed by atoms with Crippen LogP contribution in [0.4, 0.5) is 4.39 Å². The average Bonchev–Trinajstić information content (AvgIpc) is 3.09. The molecule has 0 saturated heterocycles. The van der Waals surface area contributed by atoms with Gasteiger partial charge in [0.25, 0.3) is 0 Å². The van der Waals surface area contributed by atoms with Gasteiger partial charge in [0.1, 0.15) is 17.3 Å². The van der Waals surface area contributed by atoms with Crippen molar-refractivity contribution in [3.63, 3.8) is 0 Å². The molecule has 0 amide bonds. The average molecular weight is 325 g/mol. The van der Waals surface area contributed by atoms with E-state index in [1.165, 1.54) is 12.1 Å². The number of benzene rings is 2. The van der Waals surface area contributed by atoms with Gasteiger partial charge in [-0.25, -0.2) is 4.39 Å². The molecule has 0 spiro atoms. The van der Waals surface area contributed by atoms with Crippen molar-refractivity contribution in [1.29, 1.82) is 0 Å². The van der Waals surface area contributed by atoms with Gasteiger partial charge in [-0.05, 0) is 48.9 Å². The highest BCUT2D eigenvalue weighted by molar-refractivity contribution is 5.57. The minimum atomic E-state index is -0.585. The Morgan fingerprint density at radius 3 is 2.42 bits per heavy atom. The zero-order valence-corrected chi connectivity index (χ0v) is 13.4. The van der Waals surface area contributed by atoms with Crippen LogP contribution < -0.4 is 5.32 Å². The molecule has 0 fully saturated rings. The summed E-state index contributed by atoms with van der Waals surface area (Å²) in [4.78, 5) is 0. The van der Waals surface area contributed by atoms with E-state index in [1.807, 2.05) is 49.4 Å². The molecule has 2 atom stereocenters. The maximum absolute atomic E-state index is 13.0. The second-order valence-electron chi connectivity index (χ2n) is 5.80. The number of furan rings is 1. The molecule has 2 aromatic carbocycles. The fourth-order valence-electron chi connectivity index (χ4n) is 2.55. The van der Waals surface area contributed by atoms with Crippen LogP contribution in [0.5, 0.6) is 0 Å². The molecule has 0 saturated carbocycles. The summed E-state index contributed by atoms with van der Waals surface area (Å²) in [6.07, 6.45) is -0.585. The second-order valence-corrected chi connectivity index (χ2v) is 5.80. The number of aliphatic hydroxyl groups excluding tert-OH is 1. The van der Waals surface area contributed by atoms with Crippen molar-refractivity contribution in [2.75, 3.05) is 0 Å². The van der Waals surface area contributed by atoms with Gasteiger partial charge in [0, 0.05) is 11.6 Å². The van der Waals surface area contributed by atoms with Gasteiger partial charge < -0.3 is 14.8 Å². The monoisotopic (exact) mass is 325 g/mol. The molecule has 2 N–H and O–H groups in total. The molecule has 0 bridgehead atoms. The Kier molecular flexibility index (Phi) is 5.08. The van der Waals surface area contributed by atoms with Crippen LogP contribution in [-0.2, 0) is 6.54 Å². The SMILES string of the molecule is C[C@H](NCc1ccc(-c2ccc(F)cc2)o1)[C@@H](O)c1ccccc1. The first kappa shape index (κ1) is 16.4. The zero-order chi connectivity index (χ0) is 16.9. The number of aliphatic hydroxyl groups is 1. The van der Waals surface area contributed by atoms with E-state index in [4.69, 9.17) is 4.42 Å². The summed E-state index contributed by atoms with van der Waals surface area (Å²) in [5.41, 5.74) is 1.71. The van der Waals surface area contributed by atoms with Crippen LogP contribution in [-0.4, -0.2) is 11.1 Å². The molecule has 0 aliphatic rings. The highest BCUT2D eigenvalue weighted by Crippen LogP contribution is 2.23. The minimum absolute atomic E-state index is 0.119. The number of hydrogen-bond acceptors (Lipinski definition) is 3. The molecule has 3 aromatic rings. The number of hydrogen-bond donors (Lipinski definition) is 2. The van der Waals surface area contributed by atoms with Crippen LogP contribution in [0.1, 0.15) is 24.4 Å². The van der Waals surface area contributed by atoms with Crippen molar-refractivity contribution in [3.8, 4) is 11.3 Å². The first-order valence-electron chi connectivity index (χ1n) is 7.94. The van der Waals surface area contributed by atoms with E-state index in [2.05, 4.69) is 5.32 Å². The van der Waals surface area contributed by atoms with Gasteiger partial charge in [0.05, 0.1) is 12.6 Å². The third kappa shape index (κ3) is 3.91. The quantitative estimate of drug-likeness (QED) is 0.710. The fourth-order valence-corrected chi connectivity index (χ4v) is 2.55. The predicted molar refractivity (Wildman–Crippen MR) is 91.8 cm³/mol. The fraction of sp³-hybridized carbons (Fsp3) is 0.200. The van der Waals surface area contributed by atoms with Crippen molar-refractivity contribution < 1.29 is 13.9 Å². The summed E-state index contributed by atoms with van der Waals surface area (Å²) in [5, 5.41) is 13.6. The van der Waals surface area contributed by atoms with Crippen LogP contribution in [0.2, 0.25) is 0 Å². The van der Waals surface area contributed by atoms with Crippen LogP contribution in [0, 0.1) is 5.82 Å². The minimum Gasteiger partial charge on any atom is -0.460 e. The smallest absolute Gasteiger partial charge is 0.134 e. The molecule has 0 aliphatic carbocycles. The molecule has 3 nitrogen and oxygen atoms in total. The Bertz CT molecular complexity index is 768. The van der Waals surface area contributed by atoms with Crippen molar-refractivity contribution in [2.45, 2.75) is 25.6 Å². The standard InChI is InChI=1S/C20H20FNO2/c1-14(20(23)16-5-3-2-4-6-16)22-13-18-11-12-19(24-18)15-7-9-17(21)10-8-15/h2-12,14,20,22-23H,13H2,1H3/t14-,20+/m0/s1. The van der Waals surface area contributed by atoms with Gasteiger partial charge in [-0.1, -0.05) is 30.3 Å². The largest absolute Gasteiger partial charge is 0.460 e. The van der Waals surface area contributed by atoms with Crippen molar-refractivity contribution in [2.24, 2.45) is 0 Å². The highest BCUT2D eigenvalue weighted by atomic mass is 19.1. The van der Waals surface area contributed by atoms with E-state index in [9.17, 15) is 9.50 Å². The summed E-state index contributed by atoms with van der Waals surface area (Å²) in [5.74, 6) is 1.19. The molecule has 1 aromatic heterocycles. The summed E-state index contributed by atoms with van der Waals surface area (Å²) in [6, 6.07) is 19.4. The van der Waals surface area contributed by atoms with E-state index < -0.39 is 6.10 Å². The molecule has 24 heavy (non-hydrogen) atoms. The van der Waals surface area contributed by atoms with Crippen LogP contribution in [0.3, 0.4) is 0 Å². The molecule has 0 aliphatic heterocycles. The van der Waals surface area contributed by atoms with Gasteiger partial charge in [0.2, 0.25) is 0 Å². The summed E-state index contributed by atoms with van der Waals surface area (Å²) >= 11 is 0. The van der Waals surface area contributed by atoms with Crippen molar-refractivity contribution in [3.05, 3.63) is 83.9 Å². The lowest BCUT2D eigenvalue weighted by atomic mass is 10.0. The molecule has 124 valence electrons. The predicted octanol–water partition coefficient (Wildman–Crippen LogP) is 4.30. The lowest BCUT2D eigenvalue weighted by molar-refractivity contribution is 0.134. The van der Waals surface area contributed by atoms with Crippen LogP contribution >= 0.6 is 0 Å². The first-order chi connectivity index (χ1) is 11.6. The third-order valence-corrected chi connectivity index (χ3v) is 4.00. The first-order valence-corrected chi connectivity index (χ1v) is 7.94. The number of halogens is 1. The molecule has 0 unspecified atom stereocenters. The number of rotatable bonds is 6. The third-order valence-electron chi connectivity index (χ3n) is 4.00. The van der Waals surface area contributed by atoms with Gasteiger partial charge in [-0.15, -0.1) is 0 Å². The Morgan fingerprint density at radius 1 is 1.00 bits per heavy atom. The molecular weight excluding hydrogens is 305 g/mol. The van der Waals surface area contributed by atoms with Crippen LogP contribution in [0.25, 0.3) is 11.3 Å². The highest BCUT2D eigenvalue weighted by Gasteiger charge is 2.16. The summed E-state index contributed by atoms with van der Waals surface area (Å²) in [6.45, 7) is 2.44. The van der Waals surface area contributed by atoms with Crippen LogP contribution in [0.15, 0.2) is 71.1 Å².